The summed E-state index contributed by atoms with van der Waals surface area (Å²) in [5.74, 6) is -0.637. The van der Waals surface area contributed by atoms with Gasteiger partial charge in [0.15, 0.2) is 0 Å². The van der Waals surface area contributed by atoms with E-state index in [1.807, 2.05) is 6.92 Å². The number of H-pyrrole nitrogens is 1. The first-order valence-corrected chi connectivity index (χ1v) is 7.22. The lowest BCUT2D eigenvalue weighted by molar-refractivity contribution is -0.649. The molecular formula is C14H22N3O3+. The second-order valence-electron chi connectivity index (χ2n) is 5.08. The number of carbonyl (C=O) groups is 1. The molecule has 0 bridgehead atoms. The lowest BCUT2D eigenvalue weighted by Gasteiger charge is -2.18. The van der Waals surface area contributed by atoms with Crippen LogP contribution in [0.15, 0.2) is 4.79 Å². The summed E-state index contributed by atoms with van der Waals surface area (Å²) in [4.78, 5) is 26.7. The minimum atomic E-state index is -0.500. The predicted molar refractivity (Wildman–Crippen MR) is 75.0 cm³/mol. The SMILES string of the molecule is CC[NH2+]CCNC(=O)c1c(O)c2c([nH]c1=O)CCCC2. The van der Waals surface area contributed by atoms with Gasteiger partial charge in [-0.25, -0.2) is 0 Å². The van der Waals surface area contributed by atoms with Gasteiger partial charge in [0, 0.05) is 11.3 Å². The van der Waals surface area contributed by atoms with E-state index >= 15 is 0 Å². The van der Waals surface area contributed by atoms with Crippen LogP contribution in [0.1, 0.15) is 41.4 Å². The largest absolute Gasteiger partial charge is 0.507 e. The Kier molecular flexibility index (Phi) is 4.79. The number of quaternary nitrogens is 1. The van der Waals surface area contributed by atoms with Crippen molar-refractivity contribution in [2.24, 2.45) is 0 Å². The summed E-state index contributed by atoms with van der Waals surface area (Å²) in [7, 11) is 0. The molecule has 1 aliphatic rings. The number of hydrogen-bond donors (Lipinski definition) is 4. The normalized spacial score (nSPS) is 13.8. The Labute approximate surface area is 117 Å². The van der Waals surface area contributed by atoms with E-state index in [1.54, 1.807) is 0 Å². The van der Waals surface area contributed by atoms with E-state index in [2.05, 4.69) is 15.6 Å². The highest BCUT2D eigenvalue weighted by molar-refractivity contribution is 5.96. The number of aromatic amines is 1. The van der Waals surface area contributed by atoms with Crippen LogP contribution in [0.4, 0.5) is 0 Å². The molecule has 0 fully saturated rings. The molecule has 5 N–H and O–H groups in total. The zero-order chi connectivity index (χ0) is 14.5. The number of likely N-dealkylation sites (N-methyl/N-ethyl adjacent to an activating group) is 1. The Morgan fingerprint density at radius 2 is 2.15 bits per heavy atom. The Bertz CT molecular complexity index is 551. The van der Waals surface area contributed by atoms with Crippen molar-refractivity contribution >= 4 is 5.91 Å². The third kappa shape index (κ3) is 3.01. The predicted octanol–water partition coefficient (Wildman–Crippen LogP) is -0.728. The van der Waals surface area contributed by atoms with Crippen molar-refractivity contribution < 1.29 is 15.2 Å². The molecule has 110 valence electrons. The van der Waals surface area contributed by atoms with E-state index in [4.69, 9.17) is 0 Å². The van der Waals surface area contributed by atoms with Crippen molar-refractivity contribution in [1.82, 2.24) is 10.3 Å². The van der Waals surface area contributed by atoms with Gasteiger partial charge in [0.1, 0.15) is 11.3 Å². The number of hydrogen-bond acceptors (Lipinski definition) is 3. The van der Waals surface area contributed by atoms with Crippen LogP contribution in [0.2, 0.25) is 0 Å². The molecule has 20 heavy (non-hydrogen) atoms. The fourth-order valence-electron chi connectivity index (χ4n) is 2.55. The first-order valence-electron chi connectivity index (χ1n) is 7.22. The molecule has 1 aromatic heterocycles. The molecule has 1 aliphatic carbocycles. The van der Waals surface area contributed by atoms with E-state index in [-0.39, 0.29) is 11.3 Å². The van der Waals surface area contributed by atoms with Crippen molar-refractivity contribution in [3.8, 4) is 5.75 Å². The van der Waals surface area contributed by atoms with Crippen molar-refractivity contribution in [2.45, 2.75) is 32.6 Å². The van der Waals surface area contributed by atoms with E-state index in [9.17, 15) is 14.7 Å². The molecule has 2 rings (SSSR count). The van der Waals surface area contributed by atoms with Crippen molar-refractivity contribution in [1.29, 1.82) is 0 Å². The van der Waals surface area contributed by atoms with Crippen molar-refractivity contribution in [3.05, 3.63) is 27.2 Å². The van der Waals surface area contributed by atoms with Crippen LogP contribution in [0, 0.1) is 0 Å². The van der Waals surface area contributed by atoms with Crippen molar-refractivity contribution in [2.75, 3.05) is 19.6 Å². The van der Waals surface area contributed by atoms with Crippen LogP contribution in [0.5, 0.6) is 5.75 Å². The molecular weight excluding hydrogens is 258 g/mol. The van der Waals surface area contributed by atoms with Gasteiger partial charge in [-0.15, -0.1) is 0 Å². The summed E-state index contributed by atoms with van der Waals surface area (Å²) < 4.78 is 0. The van der Waals surface area contributed by atoms with Gasteiger partial charge in [-0.1, -0.05) is 0 Å². The van der Waals surface area contributed by atoms with Gasteiger partial charge >= 0.3 is 0 Å². The summed E-state index contributed by atoms with van der Waals surface area (Å²) >= 11 is 0. The number of pyridine rings is 1. The second kappa shape index (κ2) is 6.56. The van der Waals surface area contributed by atoms with Gasteiger partial charge < -0.3 is 20.7 Å². The summed E-state index contributed by atoms with van der Waals surface area (Å²) in [6.45, 7) is 4.21. The number of aromatic hydroxyl groups is 1. The minimum Gasteiger partial charge on any atom is -0.507 e. The zero-order valence-electron chi connectivity index (χ0n) is 11.8. The maximum atomic E-state index is 12.0. The molecule has 0 unspecified atom stereocenters. The molecule has 0 saturated carbocycles. The van der Waals surface area contributed by atoms with Gasteiger partial charge in [-0.05, 0) is 32.6 Å². The number of rotatable bonds is 5. The highest BCUT2D eigenvalue weighted by Crippen LogP contribution is 2.28. The molecule has 0 aromatic carbocycles. The molecule has 1 heterocycles. The van der Waals surface area contributed by atoms with Crippen molar-refractivity contribution in [3.63, 3.8) is 0 Å². The maximum Gasteiger partial charge on any atom is 0.264 e. The fraction of sp³-hybridized carbons (Fsp3) is 0.571. The number of fused-ring (bicyclic) bond motifs is 1. The third-order valence-electron chi connectivity index (χ3n) is 3.63. The molecule has 0 spiro atoms. The molecule has 0 atom stereocenters. The Morgan fingerprint density at radius 1 is 1.40 bits per heavy atom. The minimum absolute atomic E-state index is 0.138. The van der Waals surface area contributed by atoms with Crippen LogP contribution in [0.25, 0.3) is 0 Å². The smallest absolute Gasteiger partial charge is 0.264 e. The first kappa shape index (κ1) is 14.6. The molecule has 6 heteroatoms. The average Bonchev–Trinajstić information content (AvgIpc) is 2.43. The highest BCUT2D eigenvalue weighted by atomic mass is 16.3. The van der Waals surface area contributed by atoms with Gasteiger partial charge in [0.2, 0.25) is 0 Å². The van der Waals surface area contributed by atoms with Gasteiger partial charge in [0.25, 0.3) is 11.5 Å². The van der Waals surface area contributed by atoms with E-state index in [0.29, 0.717) is 13.0 Å². The van der Waals surface area contributed by atoms with Gasteiger partial charge in [-0.3, -0.25) is 9.59 Å². The summed E-state index contributed by atoms with van der Waals surface area (Å²) in [5.41, 5.74) is 0.845. The summed E-state index contributed by atoms with van der Waals surface area (Å²) in [6.07, 6.45) is 3.44. The summed E-state index contributed by atoms with van der Waals surface area (Å²) in [5, 5.41) is 14.9. The van der Waals surface area contributed by atoms with Crippen LogP contribution in [0.3, 0.4) is 0 Å². The molecule has 0 saturated heterocycles. The molecule has 1 aromatic rings. The molecule has 0 radical (unpaired) electrons. The molecule has 1 amide bonds. The Balaban J connectivity index is 2.19. The number of aromatic nitrogens is 1. The highest BCUT2D eigenvalue weighted by Gasteiger charge is 2.23. The maximum absolute atomic E-state index is 12.0. The van der Waals surface area contributed by atoms with E-state index in [1.165, 1.54) is 0 Å². The van der Waals surface area contributed by atoms with Gasteiger partial charge in [0.05, 0.1) is 19.6 Å². The van der Waals surface area contributed by atoms with E-state index < -0.39 is 11.5 Å². The third-order valence-corrected chi connectivity index (χ3v) is 3.63. The average molecular weight is 280 g/mol. The number of carbonyl (C=O) groups excluding carboxylic acids is 1. The van der Waals surface area contributed by atoms with Gasteiger partial charge in [-0.2, -0.15) is 0 Å². The number of nitrogens with one attached hydrogen (secondary N) is 2. The van der Waals surface area contributed by atoms with Crippen LogP contribution in [-0.2, 0) is 12.8 Å². The Morgan fingerprint density at radius 3 is 2.90 bits per heavy atom. The monoisotopic (exact) mass is 280 g/mol. The molecule has 0 aliphatic heterocycles. The number of aryl methyl sites for hydroxylation is 1. The lowest BCUT2D eigenvalue weighted by Crippen LogP contribution is -2.85. The Hall–Kier alpha value is -1.82. The number of nitrogens with two attached hydrogens (primary N) is 1. The molecule has 6 nitrogen and oxygen atoms in total. The van der Waals surface area contributed by atoms with E-state index in [0.717, 1.165) is 43.6 Å². The topological polar surface area (TPSA) is 98.8 Å². The fourth-order valence-corrected chi connectivity index (χ4v) is 2.55. The standard InChI is InChI=1S/C14H21N3O3/c1-2-15-7-8-16-13(19)11-12(18)9-5-3-4-6-10(9)17-14(11)20/h15H,2-8H2,1H3,(H,16,19)(H2,17,18,20)/p+1. The number of amides is 1. The zero-order valence-corrected chi connectivity index (χ0v) is 11.8. The van der Waals surface area contributed by atoms with Crippen LogP contribution < -0.4 is 16.2 Å². The summed E-state index contributed by atoms with van der Waals surface area (Å²) in [6, 6.07) is 0. The second-order valence-corrected chi connectivity index (χ2v) is 5.08. The quantitative estimate of drug-likeness (QED) is 0.535. The van der Waals surface area contributed by atoms with Crippen LogP contribution in [-0.4, -0.2) is 35.6 Å². The lowest BCUT2D eigenvalue weighted by atomic mass is 9.93. The van der Waals surface area contributed by atoms with Crippen LogP contribution >= 0.6 is 0 Å². The first-order chi connectivity index (χ1) is 9.65.